The van der Waals surface area contributed by atoms with Crippen LogP contribution < -0.4 is 5.32 Å². The molecule has 0 radical (unpaired) electrons. The molecule has 2 aliphatic rings. The first-order valence-corrected chi connectivity index (χ1v) is 11.0. The Morgan fingerprint density at radius 3 is 1.88 bits per heavy atom. The molecule has 4 nitrogen and oxygen atoms in total. The van der Waals surface area contributed by atoms with Crippen molar-refractivity contribution in [2.45, 2.75) is 96.6 Å². The highest BCUT2D eigenvalue weighted by Crippen LogP contribution is 2.30. The number of nitrogens with one attached hydrogen (secondary N) is 1. The van der Waals surface area contributed by atoms with Gasteiger partial charge in [-0.25, -0.2) is 0 Å². The zero-order valence-corrected chi connectivity index (χ0v) is 16.8. The second-order valence-corrected chi connectivity index (χ2v) is 7.94. The van der Waals surface area contributed by atoms with Crippen LogP contribution >= 0.6 is 0 Å². The monoisotopic (exact) mass is 351 g/mol. The van der Waals surface area contributed by atoms with E-state index in [-0.39, 0.29) is 0 Å². The van der Waals surface area contributed by atoms with E-state index in [1.54, 1.807) is 0 Å². The van der Waals surface area contributed by atoms with Crippen LogP contribution in [-0.4, -0.2) is 60.5 Å². The summed E-state index contributed by atoms with van der Waals surface area (Å²) in [6.07, 6.45) is 14.0. The zero-order chi connectivity index (χ0) is 17.9. The molecule has 0 aromatic rings. The summed E-state index contributed by atoms with van der Waals surface area (Å²) >= 11 is 0. The van der Waals surface area contributed by atoms with Crippen molar-refractivity contribution in [2.24, 2.45) is 0 Å². The van der Waals surface area contributed by atoms with Crippen LogP contribution in [-0.2, 0) is 4.79 Å². The first kappa shape index (κ1) is 20.7. The van der Waals surface area contributed by atoms with Crippen molar-refractivity contribution in [3.05, 3.63) is 0 Å². The normalized spacial score (nSPS) is 20.1. The van der Waals surface area contributed by atoms with Gasteiger partial charge in [0.1, 0.15) is 0 Å². The lowest BCUT2D eigenvalue weighted by atomic mass is 9.88. The molecule has 25 heavy (non-hydrogen) atoms. The number of hydrogen-bond donors (Lipinski definition) is 1. The Labute approximate surface area is 155 Å². The average molecular weight is 352 g/mol. The van der Waals surface area contributed by atoms with Gasteiger partial charge in [-0.15, -0.1) is 0 Å². The molecule has 0 unspecified atom stereocenters. The molecule has 1 amide bonds. The zero-order valence-electron chi connectivity index (χ0n) is 16.8. The molecular formula is C21H41N3O. The van der Waals surface area contributed by atoms with Crippen LogP contribution in [0.1, 0.15) is 84.5 Å². The van der Waals surface area contributed by atoms with Gasteiger partial charge in [0.15, 0.2) is 0 Å². The van der Waals surface area contributed by atoms with Crippen molar-refractivity contribution < 1.29 is 4.79 Å². The highest BCUT2D eigenvalue weighted by molar-refractivity contribution is 5.79. The highest BCUT2D eigenvalue weighted by Gasteiger charge is 2.31. The van der Waals surface area contributed by atoms with Crippen LogP contribution in [0.2, 0.25) is 0 Å². The van der Waals surface area contributed by atoms with Crippen molar-refractivity contribution in [1.82, 2.24) is 15.1 Å². The summed E-state index contributed by atoms with van der Waals surface area (Å²) in [4.78, 5) is 17.8. The van der Waals surface area contributed by atoms with Gasteiger partial charge < -0.3 is 15.1 Å². The maximum absolute atomic E-state index is 13.0. The lowest BCUT2D eigenvalue weighted by Gasteiger charge is -2.42. The van der Waals surface area contributed by atoms with Crippen molar-refractivity contribution in [2.75, 3.05) is 32.7 Å². The van der Waals surface area contributed by atoms with Crippen LogP contribution in [0, 0.1) is 0 Å². The van der Waals surface area contributed by atoms with E-state index in [0.29, 0.717) is 24.5 Å². The Hall–Kier alpha value is -0.610. The molecular weight excluding hydrogens is 310 g/mol. The topological polar surface area (TPSA) is 35.6 Å². The Kier molecular flexibility index (Phi) is 9.85. The number of nitrogens with zero attached hydrogens (tertiary/aromatic N) is 2. The highest BCUT2D eigenvalue weighted by atomic mass is 16.2. The number of rotatable bonds is 10. The third-order valence-corrected chi connectivity index (χ3v) is 6.22. The quantitative estimate of drug-likeness (QED) is 0.608. The first-order chi connectivity index (χ1) is 12.3. The average Bonchev–Trinajstić information content (AvgIpc) is 2.66. The second kappa shape index (κ2) is 11.9. The van der Waals surface area contributed by atoms with Crippen LogP contribution in [0.25, 0.3) is 0 Å². The van der Waals surface area contributed by atoms with Crippen LogP contribution in [0.5, 0.6) is 0 Å². The summed E-state index contributed by atoms with van der Waals surface area (Å²) in [6.45, 7) is 9.28. The molecule has 0 atom stereocenters. The Morgan fingerprint density at radius 1 is 0.880 bits per heavy atom. The van der Waals surface area contributed by atoms with E-state index >= 15 is 0 Å². The van der Waals surface area contributed by atoms with Gasteiger partial charge in [0.2, 0.25) is 5.91 Å². The largest absolute Gasteiger partial charge is 0.336 e. The molecule has 0 heterocycles. The summed E-state index contributed by atoms with van der Waals surface area (Å²) in [5, 5.41) is 3.43. The van der Waals surface area contributed by atoms with Gasteiger partial charge in [-0.05, 0) is 58.3 Å². The first-order valence-electron chi connectivity index (χ1n) is 11.0. The SMILES string of the molecule is CCN(CC)CCCNCC(=O)N(C1CCCCC1)C1CCCCC1. The Bertz CT molecular complexity index is 340. The molecule has 0 aromatic carbocycles. The van der Waals surface area contributed by atoms with E-state index in [9.17, 15) is 4.79 Å². The lowest BCUT2D eigenvalue weighted by Crippen LogP contribution is -2.51. The molecule has 2 fully saturated rings. The molecule has 2 aliphatic carbocycles. The molecule has 0 spiro atoms. The van der Waals surface area contributed by atoms with Crippen molar-refractivity contribution in [3.8, 4) is 0 Å². The molecule has 0 aromatic heterocycles. The maximum Gasteiger partial charge on any atom is 0.237 e. The summed E-state index contributed by atoms with van der Waals surface area (Å²) in [5.41, 5.74) is 0. The van der Waals surface area contributed by atoms with Crippen molar-refractivity contribution >= 4 is 5.91 Å². The van der Waals surface area contributed by atoms with Gasteiger partial charge in [0, 0.05) is 12.1 Å². The fourth-order valence-corrected chi connectivity index (χ4v) is 4.68. The summed E-state index contributed by atoms with van der Waals surface area (Å²) in [5.74, 6) is 0.363. The summed E-state index contributed by atoms with van der Waals surface area (Å²) in [6, 6.07) is 1.03. The third-order valence-electron chi connectivity index (χ3n) is 6.22. The van der Waals surface area contributed by atoms with Gasteiger partial charge >= 0.3 is 0 Å². The predicted molar refractivity (Wildman–Crippen MR) is 106 cm³/mol. The standard InChI is InChI=1S/C21H41N3O/c1-3-23(4-2)17-11-16-22-18-21(25)24(19-12-7-5-8-13-19)20-14-9-6-10-15-20/h19-20,22H,3-18H2,1-2H3. The molecule has 4 heteroatoms. The van der Waals surface area contributed by atoms with Gasteiger partial charge in [-0.1, -0.05) is 52.4 Å². The van der Waals surface area contributed by atoms with Crippen LogP contribution in [0.4, 0.5) is 0 Å². The summed E-state index contributed by atoms with van der Waals surface area (Å²) in [7, 11) is 0. The number of carbonyl (C=O) groups excluding carboxylic acids is 1. The molecule has 0 saturated heterocycles. The van der Waals surface area contributed by atoms with Crippen molar-refractivity contribution in [1.29, 1.82) is 0 Å². The van der Waals surface area contributed by atoms with Gasteiger partial charge in [-0.3, -0.25) is 4.79 Å². The van der Waals surface area contributed by atoms with Gasteiger partial charge in [-0.2, -0.15) is 0 Å². The molecule has 2 rings (SSSR count). The fourth-order valence-electron chi connectivity index (χ4n) is 4.68. The molecule has 2 saturated carbocycles. The van der Waals surface area contributed by atoms with E-state index < -0.39 is 0 Å². The minimum atomic E-state index is 0.363. The summed E-state index contributed by atoms with van der Waals surface area (Å²) < 4.78 is 0. The predicted octanol–water partition coefficient (Wildman–Crippen LogP) is 3.80. The maximum atomic E-state index is 13.0. The smallest absolute Gasteiger partial charge is 0.237 e. The number of hydrogen-bond acceptors (Lipinski definition) is 3. The van der Waals surface area contributed by atoms with E-state index in [1.165, 1.54) is 64.2 Å². The van der Waals surface area contributed by atoms with Crippen LogP contribution in [0.3, 0.4) is 0 Å². The number of amides is 1. The van der Waals surface area contributed by atoms with E-state index in [4.69, 9.17) is 0 Å². The minimum absolute atomic E-state index is 0.363. The van der Waals surface area contributed by atoms with Crippen LogP contribution in [0.15, 0.2) is 0 Å². The molecule has 0 aliphatic heterocycles. The molecule has 1 N–H and O–H groups in total. The fraction of sp³-hybridized carbons (Fsp3) is 0.952. The second-order valence-electron chi connectivity index (χ2n) is 7.94. The number of carbonyl (C=O) groups is 1. The van der Waals surface area contributed by atoms with E-state index in [2.05, 4.69) is 29.0 Å². The third kappa shape index (κ3) is 6.90. The molecule has 146 valence electrons. The minimum Gasteiger partial charge on any atom is -0.336 e. The van der Waals surface area contributed by atoms with E-state index in [0.717, 1.165) is 32.6 Å². The van der Waals surface area contributed by atoms with Crippen molar-refractivity contribution in [3.63, 3.8) is 0 Å². The molecule has 0 bridgehead atoms. The van der Waals surface area contributed by atoms with Gasteiger partial charge in [0.25, 0.3) is 0 Å². The lowest BCUT2D eigenvalue weighted by molar-refractivity contribution is -0.137. The Morgan fingerprint density at radius 2 is 1.40 bits per heavy atom. The van der Waals surface area contributed by atoms with Gasteiger partial charge in [0.05, 0.1) is 6.54 Å². The van der Waals surface area contributed by atoms with E-state index in [1.807, 2.05) is 0 Å². The Balaban J connectivity index is 1.78.